The molecule has 0 saturated carbocycles. The molecule has 3 N–H and O–H groups in total. The summed E-state index contributed by atoms with van der Waals surface area (Å²) in [5.74, 6) is -0.196. The number of amides is 2. The fraction of sp³-hybridized carbons (Fsp3) is 0.421. The second kappa shape index (κ2) is 7.07. The summed E-state index contributed by atoms with van der Waals surface area (Å²) in [7, 11) is 0. The molecule has 2 aromatic heterocycles. The zero-order chi connectivity index (χ0) is 18.9. The van der Waals surface area contributed by atoms with Crippen molar-refractivity contribution >= 4 is 23.2 Å². The molecule has 3 rings (SSSR count). The molecule has 0 radical (unpaired) electrons. The van der Waals surface area contributed by atoms with Crippen LogP contribution >= 0.6 is 11.3 Å². The molecule has 1 unspecified atom stereocenters. The molecule has 0 saturated heterocycles. The predicted molar refractivity (Wildman–Crippen MR) is 101 cm³/mol. The van der Waals surface area contributed by atoms with Crippen LogP contribution in [0.15, 0.2) is 29.2 Å². The van der Waals surface area contributed by atoms with Crippen LogP contribution in [0.2, 0.25) is 0 Å². The van der Waals surface area contributed by atoms with E-state index in [-0.39, 0.29) is 22.4 Å². The highest BCUT2D eigenvalue weighted by Crippen LogP contribution is 2.40. The largest absolute Gasteiger partial charge is 0.328 e. The Morgan fingerprint density at radius 1 is 1.19 bits per heavy atom. The van der Waals surface area contributed by atoms with Gasteiger partial charge in [0.15, 0.2) is 0 Å². The van der Waals surface area contributed by atoms with Crippen molar-refractivity contribution in [1.82, 2.24) is 15.8 Å². The first-order valence-corrected chi connectivity index (χ1v) is 9.46. The van der Waals surface area contributed by atoms with Gasteiger partial charge < -0.3 is 4.98 Å². The van der Waals surface area contributed by atoms with Gasteiger partial charge in [-0.1, -0.05) is 20.8 Å². The molecule has 2 aromatic rings. The van der Waals surface area contributed by atoms with Gasteiger partial charge in [0.05, 0.1) is 10.4 Å². The van der Waals surface area contributed by atoms with Crippen molar-refractivity contribution < 1.29 is 9.59 Å². The van der Waals surface area contributed by atoms with E-state index < -0.39 is 5.91 Å². The molecule has 26 heavy (non-hydrogen) atoms. The average Bonchev–Trinajstić information content (AvgIpc) is 3.02. The topological polar surface area (TPSA) is 91.1 Å². The number of thiophene rings is 1. The Bertz CT molecular complexity index is 872. The van der Waals surface area contributed by atoms with Gasteiger partial charge in [-0.2, -0.15) is 0 Å². The van der Waals surface area contributed by atoms with Gasteiger partial charge in [-0.15, -0.1) is 11.3 Å². The predicted octanol–water partition coefficient (Wildman–Crippen LogP) is 2.66. The maximum atomic E-state index is 12.4. The zero-order valence-corrected chi connectivity index (χ0v) is 16.0. The zero-order valence-electron chi connectivity index (χ0n) is 15.1. The number of pyridine rings is 1. The number of fused-ring (bicyclic) bond motifs is 1. The third-order valence-corrected chi connectivity index (χ3v) is 6.10. The Labute approximate surface area is 156 Å². The maximum Gasteiger partial charge on any atom is 0.279 e. The van der Waals surface area contributed by atoms with Gasteiger partial charge in [0.1, 0.15) is 0 Å². The van der Waals surface area contributed by atoms with Gasteiger partial charge >= 0.3 is 0 Å². The highest BCUT2D eigenvalue weighted by Gasteiger charge is 2.30. The number of aromatic amines is 1. The summed E-state index contributed by atoms with van der Waals surface area (Å²) in [6.45, 7) is 6.78. The molecule has 1 aliphatic rings. The number of H-pyrrole nitrogens is 1. The highest BCUT2D eigenvalue weighted by atomic mass is 32.1. The van der Waals surface area contributed by atoms with Gasteiger partial charge in [-0.3, -0.25) is 25.2 Å². The molecule has 0 fully saturated rings. The number of carbonyl (C=O) groups excluding carboxylic acids is 2. The number of rotatable bonds is 2. The second-order valence-corrected chi connectivity index (χ2v) is 8.85. The van der Waals surface area contributed by atoms with Crippen LogP contribution in [0.5, 0.6) is 0 Å². The lowest BCUT2D eigenvalue weighted by molar-refractivity contribution is 0.0848. The van der Waals surface area contributed by atoms with Crippen molar-refractivity contribution in [2.45, 2.75) is 40.0 Å². The Kier molecular flexibility index (Phi) is 5.00. The first-order valence-electron chi connectivity index (χ1n) is 8.65. The molecule has 2 amide bonds. The number of hydrogen-bond acceptors (Lipinski definition) is 4. The lowest BCUT2D eigenvalue weighted by Gasteiger charge is -2.33. The average molecular weight is 373 g/mol. The van der Waals surface area contributed by atoms with E-state index in [4.69, 9.17) is 0 Å². The van der Waals surface area contributed by atoms with Crippen molar-refractivity contribution in [2.24, 2.45) is 11.3 Å². The minimum Gasteiger partial charge on any atom is -0.328 e. The molecule has 7 heteroatoms. The molecule has 0 aliphatic heterocycles. The van der Waals surface area contributed by atoms with Crippen LogP contribution in [0.1, 0.15) is 57.7 Å². The molecular weight excluding hydrogens is 350 g/mol. The van der Waals surface area contributed by atoms with Crippen molar-refractivity contribution in [3.63, 3.8) is 0 Å². The van der Waals surface area contributed by atoms with E-state index in [0.29, 0.717) is 10.8 Å². The molecule has 0 bridgehead atoms. The quantitative estimate of drug-likeness (QED) is 0.707. The van der Waals surface area contributed by atoms with Crippen molar-refractivity contribution in [3.8, 4) is 0 Å². The molecule has 138 valence electrons. The van der Waals surface area contributed by atoms with E-state index >= 15 is 0 Å². The van der Waals surface area contributed by atoms with Crippen LogP contribution < -0.4 is 16.4 Å². The Balaban J connectivity index is 1.63. The molecule has 2 heterocycles. The Morgan fingerprint density at radius 3 is 2.58 bits per heavy atom. The second-order valence-electron chi connectivity index (χ2n) is 7.71. The van der Waals surface area contributed by atoms with E-state index in [1.54, 1.807) is 0 Å². The van der Waals surface area contributed by atoms with E-state index in [1.807, 2.05) is 6.07 Å². The Hall–Kier alpha value is -2.41. The fourth-order valence-corrected chi connectivity index (χ4v) is 4.28. The summed E-state index contributed by atoms with van der Waals surface area (Å²) in [6, 6.07) is 4.60. The number of aryl methyl sites for hydroxylation is 1. The van der Waals surface area contributed by atoms with Crippen molar-refractivity contribution in [2.75, 3.05) is 0 Å². The third kappa shape index (κ3) is 4.04. The SMILES string of the molecule is CC(C)(C)C1CCc2sc(C(=O)NNC(=O)c3ccc(=O)[nH]c3)cc2C1. The lowest BCUT2D eigenvalue weighted by Crippen LogP contribution is -2.41. The molecule has 0 aromatic carbocycles. The van der Waals surface area contributed by atoms with E-state index in [2.05, 4.69) is 36.6 Å². The smallest absolute Gasteiger partial charge is 0.279 e. The summed E-state index contributed by atoms with van der Waals surface area (Å²) >= 11 is 1.49. The standard InChI is InChI=1S/C19H23N3O3S/c1-19(2,3)13-5-6-14-12(8-13)9-15(26-14)18(25)22-21-17(24)11-4-7-16(23)20-10-11/h4,7,9-10,13H,5-6,8H2,1-3H3,(H,20,23)(H,21,24)(H,22,25). The Morgan fingerprint density at radius 2 is 1.92 bits per heavy atom. The number of nitrogens with one attached hydrogen (secondary N) is 3. The fourth-order valence-electron chi connectivity index (χ4n) is 3.17. The monoisotopic (exact) mass is 373 g/mol. The van der Waals surface area contributed by atoms with Gasteiger partial charge in [0, 0.05) is 17.1 Å². The van der Waals surface area contributed by atoms with Crippen LogP contribution in [0.25, 0.3) is 0 Å². The van der Waals surface area contributed by atoms with Crippen LogP contribution in [0.3, 0.4) is 0 Å². The van der Waals surface area contributed by atoms with E-state index in [0.717, 1.165) is 19.3 Å². The van der Waals surface area contributed by atoms with Gasteiger partial charge in [0.2, 0.25) is 5.56 Å². The minimum atomic E-state index is -0.483. The summed E-state index contributed by atoms with van der Waals surface area (Å²) in [5, 5.41) is 0. The lowest BCUT2D eigenvalue weighted by atomic mass is 9.72. The number of carbonyl (C=O) groups is 2. The summed E-state index contributed by atoms with van der Waals surface area (Å²) in [5.41, 5.74) is 6.30. The summed E-state index contributed by atoms with van der Waals surface area (Å²) in [4.78, 5) is 39.7. The number of hydrazine groups is 1. The first-order chi connectivity index (χ1) is 12.2. The number of hydrogen-bond donors (Lipinski definition) is 3. The number of aromatic nitrogens is 1. The van der Waals surface area contributed by atoms with Crippen molar-refractivity contribution in [1.29, 1.82) is 0 Å². The first kappa shape index (κ1) is 18.4. The minimum absolute atomic E-state index is 0.257. The van der Waals surface area contributed by atoms with E-state index in [9.17, 15) is 14.4 Å². The van der Waals surface area contributed by atoms with Crippen LogP contribution in [0, 0.1) is 11.3 Å². The third-order valence-electron chi connectivity index (χ3n) is 4.87. The van der Waals surface area contributed by atoms with E-state index in [1.165, 1.54) is 40.1 Å². The van der Waals surface area contributed by atoms with Gasteiger partial charge in [-0.25, -0.2) is 0 Å². The van der Waals surface area contributed by atoms with Crippen LogP contribution in [0.4, 0.5) is 0 Å². The van der Waals surface area contributed by atoms with Gasteiger partial charge in [0.25, 0.3) is 11.8 Å². The molecular formula is C19H23N3O3S. The normalized spacial score (nSPS) is 16.7. The highest BCUT2D eigenvalue weighted by molar-refractivity contribution is 7.14. The molecule has 6 nitrogen and oxygen atoms in total. The van der Waals surface area contributed by atoms with Crippen LogP contribution in [-0.2, 0) is 12.8 Å². The van der Waals surface area contributed by atoms with Crippen molar-refractivity contribution in [3.05, 3.63) is 55.6 Å². The molecule has 0 spiro atoms. The molecule has 1 aliphatic carbocycles. The molecule has 1 atom stereocenters. The maximum absolute atomic E-state index is 12.4. The summed E-state index contributed by atoms with van der Waals surface area (Å²) in [6.07, 6.45) is 4.44. The van der Waals surface area contributed by atoms with Crippen LogP contribution in [-0.4, -0.2) is 16.8 Å². The van der Waals surface area contributed by atoms with Gasteiger partial charge in [-0.05, 0) is 48.3 Å². The summed E-state index contributed by atoms with van der Waals surface area (Å²) < 4.78 is 0.